The first-order chi connectivity index (χ1) is 40.8. The number of carbonyl (C=O) groups is 6. The second-order valence-corrected chi connectivity index (χ2v) is 29.5. The molecule has 2 amide bonds. The van der Waals surface area contributed by atoms with E-state index in [9.17, 15) is 38.3 Å². The number of esters is 2. The van der Waals surface area contributed by atoms with E-state index in [0.29, 0.717) is 52.9 Å². The molecular weight excluding hydrogens is 1210 g/mol. The fraction of sp³-hybridized carbons (Fsp3) is 0.412. The molecule has 19 heteroatoms. The Morgan fingerprint density at radius 2 is 0.931 bits per heavy atom. The van der Waals surface area contributed by atoms with Crippen molar-refractivity contribution in [3.8, 4) is 39.7 Å². The quantitative estimate of drug-likeness (QED) is 0.0668. The number of thiophene rings is 2. The molecule has 0 unspecified atom stereocenters. The van der Waals surface area contributed by atoms with E-state index in [4.69, 9.17) is 9.47 Å². The predicted molar refractivity (Wildman–Crippen MR) is 340 cm³/mol. The topological polar surface area (TPSA) is 199 Å². The van der Waals surface area contributed by atoms with Gasteiger partial charge in [-0.25, -0.2) is 24.3 Å². The minimum absolute atomic E-state index is 0.0389. The van der Waals surface area contributed by atoms with Crippen LogP contribution in [-0.2, 0) is 52.3 Å². The molecule has 2 saturated heterocycles. The lowest BCUT2D eigenvalue weighted by atomic mass is 9.89. The van der Waals surface area contributed by atoms with Crippen LogP contribution in [0.3, 0.4) is 0 Å². The standard InChI is InChI=1S/C37H40FN3O5S.C31H36BrN3O4S/c1-36(2,3)32-14-13-31(47-32)30(43)16-24(34(44)41-20-26(21-41)35(45)46-37(4,5)6)15-22-7-9-23(10-8-22)33-39-18-25(19-40-33)28-12-11-27(42)17-29(28)38;1-30(2,3)26-12-11-25(40-26)24(36)14-21(28(37)35-17-22(18-35)29(38)39-31(4,5)6)13-19-7-9-20(10-8-19)27-33-15-23(32)16-34-27/h7-14,17-19,24,26,42H,15-16,20-21H2,1-6H3;7-12,15-16,21-22H,13-14,17-18H2,1-6H3/t24-;21-/m11/s1. The monoisotopic (exact) mass is 1280 g/mol. The lowest BCUT2D eigenvalue weighted by Gasteiger charge is -2.40. The van der Waals surface area contributed by atoms with Gasteiger partial charge >= 0.3 is 11.9 Å². The van der Waals surface area contributed by atoms with Crippen LogP contribution in [0.25, 0.3) is 33.9 Å². The molecule has 3 aromatic carbocycles. The third-order valence-corrected chi connectivity index (χ3v) is 18.1. The third-order valence-electron chi connectivity index (χ3n) is 14.6. The van der Waals surface area contributed by atoms with Gasteiger partial charge in [0.25, 0.3) is 0 Å². The summed E-state index contributed by atoms with van der Waals surface area (Å²) < 4.78 is 26.1. The van der Waals surface area contributed by atoms with E-state index in [0.717, 1.165) is 42.5 Å². The zero-order chi connectivity index (χ0) is 63.3. The summed E-state index contributed by atoms with van der Waals surface area (Å²) in [6, 6.07) is 26.8. The van der Waals surface area contributed by atoms with E-state index in [1.165, 1.54) is 47.2 Å². The Hall–Kier alpha value is -7.35. The molecule has 4 aromatic heterocycles. The molecule has 87 heavy (non-hydrogen) atoms. The minimum Gasteiger partial charge on any atom is -0.508 e. The second-order valence-electron chi connectivity index (χ2n) is 26.4. The molecule has 2 aliphatic rings. The van der Waals surface area contributed by atoms with Gasteiger partial charge in [-0.05, 0) is 129 Å². The van der Waals surface area contributed by atoms with Crippen molar-refractivity contribution in [2.75, 3.05) is 26.2 Å². The number of nitrogens with zero attached hydrogens (tertiary/aromatic N) is 6. The number of aromatic hydroxyl groups is 1. The number of rotatable bonds is 17. The maximum atomic E-state index is 14.3. The lowest BCUT2D eigenvalue weighted by molar-refractivity contribution is -0.170. The Labute approximate surface area is 525 Å². The van der Waals surface area contributed by atoms with E-state index in [-0.39, 0.29) is 95.2 Å². The van der Waals surface area contributed by atoms with Gasteiger partial charge in [0, 0.05) is 114 Å². The van der Waals surface area contributed by atoms with Crippen molar-refractivity contribution in [1.29, 1.82) is 0 Å². The molecule has 0 saturated carbocycles. The van der Waals surface area contributed by atoms with Crippen LogP contribution in [0, 0.1) is 29.5 Å². The normalized spacial score (nSPS) is 14.6. The molecule has 9 rings (SSSR count). The zero-order valence-corrected chi connectivity index (χ0v) is 54.6. The van der Waals surface area contributed by atoms with Crippen molar-refractivity contribution in [2.24, 2.45) is 23.7 Å². The average Bonchev–Trinajstić information content (AvgIpc) is 2.00. The number of amides is 2. The Bertz CT molecular complexity index is 3610. The minimum atomic E-state index is -0.608. The lowest BCUT2D eigenvalue weighted by Crippen LogP contribution is -2.56. The molecule has 1 N–H and O–H groups in total. The molecular formula is C68H76BrFN6O9S2. The number of Topliss-reactive ketones (excluding diaryl/α,β-unsaturated/α-hetero) is 2. The van der Waals surface area contributed by atoms with Crippen molar-refractivity contribution in [1.82, 2.24) is 29.7 Å². The number of phenols is 1. The summed E-state index contributed by atoms with van der Waals surface area (Å²) in [6.45, 7) is 24.8. The Morgan fingerprint density at radius 3 is 1.28 bits per heavy atom. The summed E-state index contributed by atoms with van der Waals surface area (Å²) >= 11 is 6.31. The highest BCUT2D eigenvalue weighted by Gasteiger charge is 2.42. The largest absolute Gasteiger partial charge is 0.508 e. The van der Waals surface area contributed by atoms with Gasteiger partial charge in [-0.15, -0.1) is 22.7 Å². The van der Waals surface area contributed by atoms with Crippen LogP contribution in [0.1, 0.15) is 136 Å². The van der Waals surface area contributed by atoms with Gasteiger partial charge < -0.3 is 24.4 Å². The maximum Gasteiger partial charge on any atom is 0.313 e. The number of phenolic OH excluding ortho intramolecular Hbond substituents is 1. The predicted octanol–water partition coefficient (Wildman–Crippen LogP) is 13.7. The number of likely N-dealkylation sites (tertiary alicyclic amines) is 2. The molecule has 458 valence electrons. The van der Waals surface area contributed by atoms with Crippen molar-refractivity contribution in [2.45, 2.75) is 131 Å². The molecule has 2 aliphatic heterocycles. The Balaban J connectivity index is 0.000000229. The molecule has 0 bridgehead atoms. The summed E-state index contributed by atoms with van der Waals surface area (Å²) in [6.07, 6.45) is 7.37. The number of carbonyl (C=O) groups excluding carboxylic acids is 6. The first-order valence-corrected chi connectivity index (χ1v) is 31.5. The van der Waals surface area contributed by atoms with Gasteiger partial charge in [0.1, 0.15) is 22.8 Å². The zero-order valence-electron chi connectivity index (χ0n) is 51.4. The van der Waals surface area contributed by atoms with E-state index < -0.39 is 28.9 Å². The number of hydrogen-bond acceptors (Lipinski definition) is 15. The Kier molecular flexibility index (Phi) is 20.3. The highest BCUT2D eigenvalue weighted by molar-refractivity contribution is 9.10. The number of benzene rings is 3. The van der Waals surface area contributed by atoms with Gasteiger partial charge in [0.15, 0.2) is 23.2 Å². The van der Waals surface area contributed by atoms with Gasteiger partial charge in [0.05, 0.1) is 26.1 Å². The average molecular weight is 1280 g/mol. The SMILES string of the molecule is CC(C)(C)OC(=O)C1CN(C(=O)[C@@H](CC(=O)c2ccc(C(C)(C)C)s2)Cc2ccc(-c3ncc(-c4ccc(O)cc4F)cn3)cc2)C1.CC(C)(C)OC(=O)C1CN(C(=O)[C@@H](CC(=O)c2ccc(C(C)(C)C)s2)Cc2ccc(-c3ncc(Br)cn3)cc2)C1. The van der Waals surface area contributed by atoms with Crippen LogP contribution >= 0.6 is 38.6 Å². The first kappa shape index (κ1) is 65.6. The molecule has 6 heterocycles. The fourth-order valence-corrected chi connectivity index (χ4v) is 12.0. The van der Waals surface area contributed by atoms with Crippen molar-refractivity contribution in [3.63, 3.8) is 0 Å². The Morgan fingerprint density at radius 1 is 0.552 bits per heavy atom. The number of hydrogen-bond donors (Lipinski definition) is 1. The van der Waals surface area contributed by atoms with Crippen LogP contribution < -0.4 is 0 Å². The van der Waals surface area contributed by atoms with E-state index >= 15 is 0 Å². The first-order valence-electron chi connectivity index (χ1n) is 29.0. The second kappa shape index (κ2) is 27.0. The van der Waals surface area contributed by atoms with Crippen molar-refractivity contribution >= 4 is 73.9 Å². The molecule has 0 spiro atoms. The van der Waals surface area contributed by atoms with Crippen LogP contribution in [0.4, 0.5) is 4.39 Å². The third kappa shape index (κ3) is 17.7. The van der Waals surface area contributed by atoms with Crippen molar-refractivity contribution in [3.05, 3.63) is 157 Å². The van der Waals surface area contributed by atoms with Crippen LogP contribution in [-0.4, -0.2) is 108 Å². The van der Waals surface area contributed by atoms with Crippen LogP contribution in [0.5, 0.6) is 5.75 Å². The van der Waals surface area contributed by atoms with Crippen molar-refractivity contribution < 1.29 is 47.7 Å². The summed E-state index contributed by atoms with van der Waals surface area (Å²) in [7, 11) is 0. The van der Waals surface area contributed by atoms with Crippen LogP contribution in [0.15, 0.2) is 120 Å². The summed E-state index contributed by atoms with van der Waals surface area (Å²) in [5, 5.41) is 9.49. The van der Waals surface area contributed by atoms with Gasteiger partial charge in [0.2, 0.25) is 11.8 Å². The smallest absolute Gasteiger partial charge is 0.313 e. The summed E-state index contributed by atoms with van der Waals surface area (Å²) in [4.78, 5) is 104. The molecule has 15 nitrogen and oxygen atoms in total. The van der Waals surface area contributed by atoms with Gasteiger partial charge in [-0.1, -0.05) is 90.1 Å². The van der Waals surface area contributed by atoms with Crippen LogP contribution in [0.2, 0.25) is 0 Å². The van der Waals surface area contributed by atoms with Gasteiger partial charge in [-0.3, -0.25) is 28.8 Å². The molecule has 0 radical (unpaired) electrons. The summed E-state index contributed by atoms with van der Waals surface area (Å²) in [5.74, 6) is -2.53. The highest BCUT2D eigenvalue weighted by Crippen LogP contribution is 2.35. The number of halogens is 2. The molecule has 2 atom stereocenters. The van der Waals surface area contributed by atoms with E-state index in [1.54, 1.807) is 22.2 Å². The highest BCUT2D eigenvalue weighted by atomic mass is 79.9. The van der Waals surface area contributed by atoms with E-state index in [1.807, 2.05) is 114 Å². The summed E-state index contributed by atoms with van der Waals surface area (Å²) in [5.41, 5.74) is 2.87. The van der Waals surface area contributed by atoms with E-state index in [2.05, 4.69) is 77.4 Å². The number of ether oxygens (including phenoxy) is 2. The number of ketones is 2. The fourth-order valence-electron chi connectivity index (χ4n) is 9.79. The number of aromatic nitrogens is 4. The maximum absolute atomic E-state index is 14.3. The molecule has 2 fully saturated rings. The molecule has 0 aliphatic carbocycles. The molecule has 7 aromatic rings. The van der Waals surface area contributed by atoms with Gasteiger partial charge in [-0.2, -0.15) is 0 Å².